The van der Waals surface area contributed by atoms with Gasteiger partial charge in [-0.1, -0.05) is 12.1 Å². The Hall–Kier alpha value is -10.3. The smallest absolute Gasteiger partial charge is 0.180 e. The highest BCUT2D eigenvalue weighted by molar-refractivity contribution is 6.13. The molecule has 0 heterocycles. The van der Waals surface area contributed by atoms with E-state index in [1.165, 1.54) is 12.1 Å². The third-order valence-corrected chi connectivity index (χ3v) is 11.7. The monoisotopic (exact) mass is 1060 g/mol. The highest BCUT2D eigenvalue weighted by Gasteiger charge is 2.44. The maximum Gasteiger partial charge on any atom is 0.180 e. The maximum atomic E-state index is 16.7. The van der Waals surface area contributed by atoms with Gasteiger partial charge in [0, 0.05) is 22.3 Å². The minimum absolute atomic E-state index is 0.323. The summed E-state index contributed by atoms with van der Waals surface area (Å²) in [5.74, 6) is -47.5. The van der Waals surface area contributed by atoms with Crippen molar-refractivity contribution in [1.82, 2.24) is 0 Å². The number of nitriles is 6. The minimum atomic E-state index is -2.88. The van der Waals surface area contributed by atoms with Gasteiger partial charge >= 0.3 is 0 Å². The lowest BCUT2D eigenvalue weighted by atomic mass is 9.81. The molecule has 6 aromatic carbocycles. The third-order valence-electron chi connectivity index (χ3n) is 11.7. The lowest BCUT2D eigenvalue weighted by Crippen LogP contribution is -2.14. The summed E-state index contributed by atoms with van der Waals surface area (Å²) in [4.78, 5) is 0. The van der Waals surface area contributed by atoms with Gasteiger partial charge in [0.2, 0.25) is 0 Å². The van der Waals surface area contributed by atoms with Crippen molar-refractivity contribution >= 4 is 22.3 Å². The molecule has 0 fully saturated rings. The molecule has 2 aliphatic rings. The van der Waals surface area contributed by atoms with Crippen LogP contribution in [0.2, 0.25) is 0 Å². The van der Waals surface area contributed by atoms with Gasteiger partial charge in [0.1, 0.15) is 58.2 Å². The van der Waals surface area contributed by atoms with Crippen molar-refractivity contribution in [1.29, 1.82) is 31.6 Å². The molecule has 0 aromatic heterocycles. The first-order chi connectivity index (χ1) is 36.0. The van der Waals surface area contributed by atoms with Crippen LogP contribution in [-0.2, 0) is 0 Å². The van der Waals surface area contributed by atoms with Crippen LogP contribution in [0.1, 0.15) is 66.8 Å². The Balaban J connectivity index is 1.81. The summed E-state index contributed by atoms with van der Waals surface area (Å²) in [5, 5.41) is 58.0. The van der Waals surface area contributed by atoms with E-state index in [-0.39, 0.29) is 0 Å². The van der Waals surface area contributed by atoms with Gasteiger partial charge < -0.3 is 0 Å². The summed E-state index contributed by atoms with van der Waals surface area (Å²) in [6.45, 7) is 0. The van der Waals surface area contributed by atoms with Crippen LogP contribution in [0.5, 0.6) is 0 Å². The van der Waals surface area contributed by atoms with Gasteiger partial charge in [0.25, 0.3) is 0 Å². The Bertz CT molecular complexity index is 3670. The molecular weight excluding hydrogens is 1050 g/mol. The van der Waals surface area contributed by atoms with E-state index in [0.29, 0.717) is 48.6 Å². The van der Waals surface area contributed by atoms with E-state index < -0.39 is 216 Å². The highest BCUT2D eigenvalue weighted by atomic mass is 19.2. The fourth-order valence-corrected chi connectivity index (χ4v) is 8.49. The number of benzene rings is 6. The molecule has 0 N–H and O–H groups in total. The van der Waals surface area contributed by atoms with Crippen molar-refractivity contribution < 1.29 is 79.0 Å². The van der Waals surface area contributed by atoms with Crippen LogP contribution in [0.15, 0.2) is 70.8 Å². The van der Waals surface area contributed by atoms with E-state index in [1.54, 1.807) is 0 Å². The SMILES string of the molecule is N#Cc1cc(F)ccc1C1=CC2=C(C=C(c3ccc(F)cc3C#N)C2=C(c2c(F)c(F)c(C#N)c(F)c2F)c2c(F)c(F)c(C#N)c(F)c2F)C1=C(c1c(F)c(F)c(C#N)c(F)c1F)c1c(F)c(F)c(C#N)c(F)c1F. The van der Waals surface area contributed by atoms with E-state index in [0.717, 1.165) is 24.3 Å². The molecule has 0 bridgehead atoms. The first kappa shape index (κ1) is 52.0. The van der Waals surface area contributed by atoms with Crippen LogP contribution in [0.3, 0.4) is 0 Å². The van der Waals surface area contributed by atoms with Crippen LogP contribution in [0.25, 0.3) is 22.3 Å². The van der Waals surface area contributed by atoms with Gasteiger partial charge in [0.05, 0.1) is 45.5 Å². The zero-order valence-electron chi connectivity index (χ0n) is 36.1. The summed E-state index contributed by atoms with van der Waals surface area (Å²) >= 11 is 0. The van der Waals surface area contributed by atoms with E-state index >= 15 is 70.2 Å². The van der Waals surface area contributed by atoms with Crippen molar-refractivity contribution in [3.63, 3.8) is 0 Å². The lowest BCUT2D eigenvalue weighted by molar-refractivity contribution is 0.440. The Morgan fingerprint density at radius 1 is 0.289 bits per heavy atom. The van der Waals surface area contributed by atoms with Crippen molar-refractivity contribution in [2.24, 2.45) is 0 Å². The molecule has 0 radical (unpaired) electrons. The summed E-state index contributed by atoms with van der Waals surface area (Å²) in [6.07, 6.45) is 0.646. The average molecular weight is 1060 g/mol. The van der Waals surface area contributed by atoms with Crippen molar-refractivity contribution in [2.75, 3.05) is 0 Å². The van der Waals surface area contributed by atoms with Gasteiger partial charge in [-0.15, -0.1) is 0 Å². The van der Waals surface area contributed by atoms with E-state index in [1.807, 2.05) is 0 Å². The Kier molecular flexibility index (Phi) is 13.0. The molecule has 0 atom stereocenters. The fraction of sp³-hybridized carbons (Fsp3) is 0. The maximum absolute atomic E-state index is 16.7. The Morgan fingerprint density at radius 2 is 0.513 bits per heavy atom. The second-order valence-corrected chi connectivity index (χ2v) is 15.5. The molecule has 0 amide bonds. The molecule has 76 heavy (non-hydrogen) atoms. The van der Waals surface area contributed by atoms with E-state index in [9.17, 15) is 40.4 Å². The Labute approximate surface area is 410 Å². The molecule has 0 spiro atoms. The second kappa shape index (κ2) is 19.0. The highest BCUT2D eigenvalue weighted by Crippen LogP contribution is 2.57. The van der Waals surface area contributed by atoms with Crippen LogP contribution in [0, 0.1) is 173 Å². The topological polar surface area (TPSA) is 143 Å². The quantitative estimate of drug-likeness (QED) is 0.120. The normalized spacial score (nSPS) is 12.6. The average Bonchev–Trinajstić information content (AvgIpc) is 3.95. The molecule has 0 unspecified atom stereocenters. The van der Waals surface area contributed by atoms with Crippen LogP contribution >= 0.6 is 0 Å². The van der Waals surface area contributed by atoms with Crippen molar-refractivity contribution in [3.8, 4) is 36.4 Å². The molecule has 24 heteroatoms. The molecular formula is C52H8F18N6. The van der Waals surface area contributed by atoms with Gasteiger partial charge in [0.15, 0.2) is 93.1 Å². The molecule has 6 nitrogen and oxygen atoms in total. The number of halogens is 18. The summed E-state index contributed by atoms with van der Waals surface area (Å²) < 4.78 is 290. The lowest BCUT2D eigenvalue weighted by Gasteiger charge is -2.22. The zero-order chi connectivity index (χ0) is 55.8. The number of hydrogen-bond acceptors (Lipinski definition) is 6. The predicted octanol–water partition coefficient (Wildman–Crippen LogP) is 13.2. The molecule has 8 rings (SSSR count). The zero-order valence-corrected chi connectivity index (χ0v) is 36.1. The predicted molar refractivity (Wildman–Crippen MR) is 221 cm³/mol. The van der Waals surface area contributed by atoms with Crippen molar-refractivity contribution in [3.05, 3.63) is 242 Å². The van der Waals surface area contributed by atoms with Gasteiger partial charge in [-0.3, -0.25) is 0 Å². The number of nitrogens with zero attached hydrogens (tertiary/aromatic N) is 6. The van der Waals surface area contributed by atoms with Gasteiger partial charge in [-0.25, -0.2) is 79.0 Å². The van der Waals surface area contributed by atoms with Gasteiger partial charge in [-0.2, -0.15) is 31.6 Å². The largest absolute Gasteiger partial charge is 0.207 e. The number of rotatable bonds is 6. The minimum Gasteiger partial charge on any atom is -0.207 e. The van der Waals surface area contributed by atoms with Crippen LogP contribution in [0.4, 0.5) is 79.0 Å². The molecule has 0 aliphatic heterocycles. The number of hydrogen-bond donors (Lipinski definition) is 0. The summed E-state index contributed by atoms with van der Waals surface area (Å²) in [5.41, 5.74) is -35.0. The first-order valence-corrected chi connectivity index (χ1v) is 20.1. The summed E-state index contributed by atoms with van der Waals surface area (Å²) in [6, 6.07) is 8.33. The number of allylic oxidation sites excluding steroid dienone is 8. The van der Waals surface area contributed by atoms with Crippen LogP contribution in [-0.4, -0.2) is 0 Å². The molecule has 6 aromatic rings. The van der Waals surface area contributed by atoms with E-state index in [2.05, 4.69) is 0 Å². The van der Waals surface area contributed by atoms with Crippen molar-refractivity contribution in [2.45, 2.75) is 0 Å². The van der Waals surface area contributed by atoms with Crippen LogP contribution < -0.4 is 0 Å². The molecule has 2 aliphatic carbocycles. The third kappa shape index (κ3) is 7.42. The first-order valence-electron chi connectivity index (χ1n) is 20.1. The molecule has 0 saturated heterocycles. The second-order valence-electron chi connectivity index (χ2n) is 15.5. The standard InChI is InChI=1S/C52H8F18N6/c53-17-1-3-19(15(5-17)9-71)21-7-23-24(29(21)31(33-45(63)37(55)25(11-73)38(56)46(33)64)34-47(65)39(57)26(12-74)40(58)48(34)66)8-22(20-4-2-18(54)6-16(20)10-72)30(23)32(35-49(67)41(59)27(13-75)42(60)50(35)68)36-51(69)43(61)28(14-76)44(62)52(36)70/h1-8H. The van der Waals surface area contributed by atoms with E-state index in [4.69, 9.17) is 0 Å². The molecule has 0 saturated carbocycles. The Morgan fingerprint density at radius 3 is 0.711 bits per heavy atom. The molecule has 372 valence electrons. The van der Waals surface area contributed by atoms with Gasteiger partial charge in [-0.05, 0) is 69.9 Å². The fourth-order valence-electron chi connectivity index (χ4n) is 8.49. The summed E-state index contributed by atoms with van der Waals surface area (Å²) in [7, 11) is 0.